The minimum Gasteiger partial charge on any atom is -0.348 e. The summed E-state index contributed by atoms with van der Waals surface area (Å²) in [7, 11) is 0. The fraction of sp³-hybridized carbons (Fsp3) is 0.148. The molecule has 0 saturated carbocycles. The van der Waals surface area contributed by atoms with Crippen LogP contribution in [0.1, 0.15) is 27.0 Å². The second kappa shape index (κ2) is 10.9. The van der Waals surface area contributed by atoms with Gasteiger partial charge in [-0.05, 0) is 54.8 Å². The fourth-order valence-electron chi connectivity index (χ4n) is 3.46. The van der Waals surface area contributed by atoms with Gasteiger partial charge in [-0.15, -0.1) is 0 Å². The highest BCUT2D eigenvalue weighted by atomic mass is 32.2. The van der Waals surface area contributed by atoms with Crippen LogP contribution in [0.3, 0.4) is 0 Å². The predicted octanol–water partition coefficient (Wildman–Crippen LogP) is 5.15. The summed E-state index contributed by atoms with van der Waals surface area (Å²) in [6, 6.07) is 23.1. The number of carbonyl (C=O) groups excluding carboxylic acids is 2. The molecule has 1 aromatic heterocycles. The van der Waals surface area contributed by atoms with E-state index in [1.165, 1.54) is 11.8 Å². The molecule has 0 bridgehead atoms. The zero-order valence-electron chi connectivity index (χ0n) is 19.1. The summed E-state index contributed by atoms with van der Waals surface area (Å²) in [6.07, 6.45) is 3.51. The molecule has 0 spiro atoms. The van der Waals surface area contributed by atoms with E-state index in [1.54, 1.807) is 12.3 Å². The van der Waals surface area contributed by atoms with Crippen molar-refractivity contribution in [3.05, 3.63) is 107 Å². The zero-order chi connectivity index (χ0) is 23.9. The van der Waals surface area contributed by atoms with E-state index in [0.717, 1.165) is 28.1 Å². The summed E-state index contributed by atoms with van der Waals surface area (Å²) in [5.74, 6) is -0.0167. The molecule has 0 aliphatic rings. The molecular weight excluding hydrogens is 444 g/mol. The Kier molecular flexibility index (Phi) is 7.44. The third-order valence-electron chi connectivity index (χ3n) is 5.29. The van der Waals surface area contributed by atoms with Gasteiger partial charge in [0.05, 0.1) is 5.75 Å². The SMILES string of the molecule is Cc1ccc(C)c(NC(=O)CSc2nccn2-c2cccc(C(=O)NCc3ccccc3)c2)c1. The van der Waals surface area contributed by atoms with Crippen LogP contribution < -0.4 is 10.6 Å². The van der Waals surface area contributed by atoms with Gasteiger partial charge in [0.25, 0.3) is 5.91 Å². The lowest BCUT2D eigenvalue weighted by atomic mass is 10.1. The lowest BCUT2D eigenvalue weighted by molar-refractivity contribution is -0.113. The first-order valence-electron chi connectivity index (χ1n) is 11.0. The molecule has 0 fully saturated rings. The summed E-state index contributed by atoms with van der Waals surface area (Å²) in [5.41, 5.74) is 5.35. The minimum atomic E-state index is -0.145. The summed E-state index contributed by atoms with van der Waals surface area (Å²) in [4.78, 5) is 29.6. The number of hydrogen-bond donors (Lipinski definition) is 2. The first-order chi connectivity index (χ1) is 16.5. The highest BCUT2D eigenvalue weighted by Gasteiger charge is 2.12. The highest BCUT2D eigenvalue weighted by molar-refractivity contribution is 7.99. The van der Waals surface area contributed by atoms with Crippen molar-refractivity contribution in [1.82, 2.24) is 14.9 Å². The molecule has 34 heavy (non-hydrogen) atoms. The average molecular weight is 471 g/mol. The van der Waals surface area contributed by atoms with Crippen LogP contribution in [-0.2, 0) is 11.3 Å². The molecule has 0 saturated heterocycles. The Morgan fingerprint density at radius 1 is 0.971 bits per heavy atom. The van der Waals surface area contributed by atoms with Gasteiger partial charge in [-0.3, -0.25) is 14.2 Å². The van der Waals surface area contributed by atoms with E-state index in [9.17, 15) is 9.59 Å². The second-order valence-electron chi connectivity index (χ2n) is 7.95. The lowest BCUT2D eigenvalue weighted by Crippen LogP contribution is -2.22. The van der Waals surface area contributed by atoms with Crippen LogP contribution >= 0.6 is 11.8 Å². The largest absolute Gasteiger partial charge is 0.348 e. The second-order valence-corrected chi connectivity index (χ2v) is 8.90. The molecule has 4 aromatic rings. The van der Waals surface area contributed by atoms with Gasteiger partial charge in [-0.25, -0.2) is 4.98 Å². The van der Waals surface area contributed by atoms with E-state index in [-0.39, 0.29) is 17.6 Å². The van der Waals surface area contributed by atoms with Crippen molar-refractivity contribution in [3.8, 4) is 5.69 Å². The number of benzene rings is 3. The number of nitrogens with zero attached hydrogens (tertiary/aromatic N) is 2. The van der Waals surface area contributed by atoms with Crippen molar-refractivity contribution in [2.24, 2.45) is 0 Å². The number of imidazole rings is 1. The van der Waals surface area contributed by atoms with E-state index in [2.05, 4.69) is 15.6 Å². The van der Waals surface area contributed by atoms with E-state index in [0.29, 0.717) is 17.3 Å². The van der Waals surface area contributed by atoms with Crippen molar-refractivity contribution >= 4 is 29.3 Å². The Morgan fingerprint density at radius 3 is 2.62 bits per heavy atom. The summed E-state index contributed by atoms with van der Waals surface area (Å²) in [5, 5.41) is 6.61. The quantitative estimate of drug-likeness (QED) is 0.349. The fourth-order valence-corrected chi connectivity index (χ4v) is 4.23. The number of aromatic nitrogens is 2. The van der Waals surface area contributed by atoms with Gasteiger partial charge in [-0.1, -0.05) is 60.3 Å². The number of hydrogen-bond acceptors (Lipinski definition) is 4. The van der Waals surface area contributed by atoms with Crippen LogP contribution in [0.4, 0.5) is 5.69 Å². The Hall–Kier alpha value is -3.84. The standard InChI is InChI=1S/C27H26N4O2S/c1-19-11-12-20(2)24(15-19)30-25(32)18-34-27-28-13-14-31(27)23-10-6-9-22(16-23)26(33)29-17-21-7-4-3-5-8-21/h3-16H,17-18H2,1-2H3,(H,29,33)(H,30,32). The molecule has 3 aromatic carbocycles. The third-order valence-corrected chi connectivity index (χ3v) is 6.26. The maximum atomic E-state index is 12.7. The molecule has 6 nitrogen and oxygen atoms in total. The molecule has 2 amide bonds. The average Bonchev–Trinajstić information content (AvgIpc) is 3.33. The molecule has 0 unspecified atom stereocenters. The Morgan fingerprint density at radius 2 is 1.79 bits per heavy atom. The molecule has 0 radical (unpaired) electrons. The lowest BCUT2D eigenvalue weighted by Gasteiger charge is -2.11. The van der Waals surface area contributed by atoms with Gasteiger partial charge < -0.3 is 10.6 Å². The van der Waals surface area contributed by atoms with E-state index < -0.39 is 0 Å². The summed E-state index contributed by atoms with van der Waals surface area (Å²) in [6.45, 7) is 4.43. The number of rotatable bonds is 8. The molecule has 7 heteroatoms. The number of anilines is 1. The third kappa shape index (κ3) is 5.94. The topological polar surface area (TPSA) is 76.0 Å². The smallest absolute Gasteiger partial charge is 0.251 e. The van der Waals surface area contributed by atoms with Crippen LogP contribution in [0.15, 0.2) is 90.3 Å². The van der Waals surface area contributed by atoms with E-state index in [1.807, 2.05) is 91.3 Å². The first kappa shape index (κ1) is 23.3. The van der Waals surface area contributed by atoms with Crippen LogP contribution in [-0.4, -0.2) is 27.1 Å². The van der Waals surface area contributed by atoms with Crippen molar-refractivity contribution in [2.45, 2.75) is 25.5 Å². The Balaban J connectivity index is 1.40. The highest BCUT2D eigenvalue weighted by Crippen LogP contribution is 2.22. The van der Waals surface area contributed by atoms with Crippen molar-refractivity contribution in [3.63, 3.8) is 0 Å². The number of thioether (sulfide) groups is 1. The van der Waals surface area contributed by atoms with E-state index in [4.69, 9.17) is 0 Å². The number of nitrogens with one attached hydrogen (secondary N) is 2. The maximum absolute atomic E-state index is 12.7. The van der Waals surface area contributed by atoms with Gasteiger partial charge >= 0.3 is 0 Å². The van der Waals surface area contributed by atoms with E-state index >= 15 is 0 Å². The minimum absolute atomic E-state index is 0.0951. The zero-order valence-corrected chi connectivity index (χ0v) is 19.9. The number of amides is 2. The summed E-state index contributed by atoms with van der Waals surface area (Å²) >= 11 is 1.35. The van der Waals surface area contributed by atoms with Crippen LogP contribution in [0.5, 0.6) is 0 Å². The Bertz CT molecular complexity index is 1300. The monoisotopic (exact) mass is 470 g/mol. The van der Waals surface area contributed by atoms with Crippen molar-refractivity contribution in [1.29, 1.82) is 0 Å². The number of aryl methyl sites for hydroxylation is 2. The molecule has 172 valence electrons. The molecule has 0 aliphatic carbocycles. The van der Waals surface area contributed by atoms with Crippen molar-refractivity contribution in [2.75, 3.05) is 11.1 Å². The van der Waals surface area contributed by atoms with Gasteiger partial charge in [0, 0.05) is 35.9 Å². The molecule has 0 atom stereocenters. The summed E-state index contributed by atoms with van der Waals surface area (Å²) < 4.78 is 1.88. The van der Waals surface area contributed by atoms with Gasteiger partial charge in [0.1, 0.15) is 0 Å². The molecular formula is C27H26N4O2S. The Labute approximate surface area is 203 Å². The normalized spacial score (nSPS) is 10.6. The molecule has 0 aliphatic heterocycles. The molecule has 2 N–H and O–H groups in total. The molecule has 4 rings (SSSR count). The van der Waals surface area contributed by atoms with Crippen LogP contribution in [0.25, 0.3) is 5.69 Å². The first-order valence-corrected chi connectivity index (χ1v) is 11.9. The number of carbonyl (C=O) groups is 2. The van der Waals surface area contributed by atoms with Gasteiger partial charge in [0.2, 0.25) is 5.91 Å². The van der Waals surface area contributed by atoms with Crippen molar-refractivity contribution < 1.29 is 9.59 Å². The van der Waals surface area contributed by atoms with Gasteiger partial charge in [0.15, 0.2) is 5.16 Å². The van der Waals surface area contributed by atoms with Crippen LogP contribution in [0, 0.1) is 13.8 Å². The predicted molar refractivity (Wildman–Crippen MR) is 136 cm³/mol. The van der Waals surface area contributed by atoms with Crippen LogP contribution in [0.2, 0.25) is 0 Å². The molecule has 1 heterocycles. The van der Waals surface area contributed by atoms with Gasteiger partial charge in [-0.2, -0.15) is 0 Å². The maximum Gasteiger partial charge on any atom is 0.251 e.